The van der Waals surface area contributed by atoms with Crippen LogP contribution < -0.4 is 10.1 Å². The molecule has 0 unspecified atom stereocenters. The number of tetrazole rings is 1. The third-order valence-corrected chi connectivity index (χ3v) is 5.34. The third kappa shape index (κ3) is 3.92. The first-order valence-electron chi connectivity index (χ1n) is 9.80. The highest BCUT2D eigenvalue weighted by molar-refractivity contribution is 6.33. The zero-order chi connectivity index (χ0) is 23.8. The van der Waals surface area contributed by atoms with E-state index < -0.39 is 17.5 Å². The van der Waals surface area contributed by atoms with Crippen LogP contribution in [0.25, 0.3) is 28.1 Å². The van der Waals surface area contributed by atoms with Gasteiger partial charge in [0.25, 0.3) is 5.91 Å². The number of hydrogen-bond donors (Lipinski definition) is 2. The van der Waals surface area contributed by atoms with E-state index in [2.05, 4.69) is 30.8 Å². The molecule has 34 heavy (non-hydrogen) atoms. The fraction of sp³-hybridized carbons (Fsp3) is 0.0455. The highest BCUT2D eigenvalue weighted by Crippen LogP contribution is 2.31. The zero-order valence-electron chi connectivity index (χ0n) is 17.4. The van der Waals surface area contributed by atoms with E-state index in [1.165, 1.54) is 24.2 Å². The Bertz CT molecular complexity index is 1540. The van der Waals surface area contributed by atoms with Crippen LogP contribution in [-0.2, 0) is 0 Å². The molecular weight excluding hydrogens is 468 g/mol. The molecule has 3 aromatic carbocycles. The molecule has 5 rings (SSSR count). The highest BCUT2D eigenvalue weighted by atomic mass is 35.5. The number of fused-ring (bicyclic) bond motifs is 1. The van der Waals surface area contributed by atoms with Gasteiger partial charge in [0.15, 0.2) is 0 Å². The maximum Gasteiger partial charge on any atom is 0.259 e. The molecule has 0 radical (unpaired) electrons. The van der Waals surface area contributed by atoms with E-state index in [-0.39, 0.29) is 27.7 Å². The average molecular weight is 482 g/mol. The number of amides is 1. The normalized spacial score (nSPS) is 11.1. The largest absolute Gasteiger partial charge is 0.496 e. The lowest BCUT2D eigenvalue weighted by molar-refractivity contribution is 0.102. The first-order chi connectivity index (χ1) is 16.4. The van der Waals surface area contributed by atoms with Crippen molar-refractivity contribution < 1.29 is 18.3 Å². The Kier molecular flexibility index (Phi) is 5.38. The van der Waals surface area contributed by atoms with Crippen molar-refractivity contribution in [2.75, 3.05) is 12.4 Å². The summed E-state index contributed by atoms with van der Waals surface area (Å²) >= 11 is 6.34. The summed E-state index contributed by atoms with van der Waals surface area (Å²) in [5.74, 6) is -1.23. The van der Waals surface area contributed by atoms with Crippen LogP contribution in [0.4, 0.5) is 14.5 Å². The minimum atomic E-state index is -0.608. The van der Waals surface area contributed by atoms with Gasteiger partial charge < -0.3 is 15.0 Å². The molecular formula is C22H14ClF2N7O2. The molecule has 0 saturated carbocycles. The van der Waals surface area contributed by atoms with Crippen LogP contribution in [0.15, 0.2) is 54.9 Å². The van der Waals surface area contributed by atoms with E-state index in [4.69, 9.17) is 16.3 Å². The van der Waals surface area contributed by atoms with E-state index in [0.717, 1.165) is 18.2 Å². The van der Waals surface area contributed by atoms with Crippen LogP contribution in [0.2, 0.25) is 5.02 Å². The molecule has 0 aliphatic carbocycles. The predicted molar refractivity (Wildman–Crippen MR) is 120 cm³/mol. The smallest absolute Gasteiger partial charge is 0.259 e. The Morgan fingerprint density at radius 1 is 1.15 bits per heavy atom. The summed E-state index contributed by atoms with van der Waals surface area (Å²) in [5.41, 5.74) is 2.12. The van der Waals surface area contributed by atoms with Gasteiger partial charge >= 0.3 is 0 Å². The standard InChI is InChI=1S/C22H14ClF2N7O2/c1-34-20-9-19(32-10-26-30-31-32)15(23)8-14(20)22(33)27-12-3-5-17-18(7-12)29-21(28-17)13-6-11(24)2-4-16(13)25/h2-10H,1H3,(H,27,33)(H,28,29). The number of carbonyl (C=O) groups is 1. The number of nitrogens with zero attached hydrogens (tertiary/aromatic N) is 5. The number of halogens is 3. The molecule has 0 saturated heterocycles. The maximum atomic E-state index is 14.1. The van der Waals surface area contributed by atoms with Gasteiger partial charge in [-0.3, -0.25) is 4.79 Å². The molecule has 0 spiro atoms. The Morgan fingerprint density at radius 2 is 2.00 bits per heavy atom. The molecule has 2 N–H and O–H groups in total. The quantitative estimate of drug-likeness (QED) is 0.385. The van der Waals surface area contributed by atoms with E-state index in [9.17, 15) is 13.6 Å². The fourth-order valence-electron chi connectivity index (χ4n) is 3.43. The van der Waals surface area contributed by atoms with Crippen molar-refractivity contribution in [3.8, 4) is 22.8 Å². The highest BCUT2D eigenvalue weighted by Gasteiger charge is 2.18. The van der Waals surface area contributed by atoms with E-state index in [1.807, 2.05) is 0 Å². The summed E-state index contributed by atoms with van der Waals surface area (Å²) < 4.78 is 34.4. The molecule has 1 amide bonds. The Hall–Kier alpha value is -4.38. The van der Waals surface area contributed by atoms with Crippen molar-refractivity contribution in [1.29, 1.82) is 0 Å². The van der Waals surface area contributed by atoms with Crippen molar-refractivity contribution in [2.45, 2.75) is 0 Å². The van der Waals surface area contributed by atoms with Crippen LogP contribution >= 0.6 is 11.6 Å². The molecule has 0 atom stereocenters. The van der Waals surface area contributed by atoms with Crippen LogP contribution in [0, 0.1) is 11.6 Å². The van der Waals surface area contributed by atoms with Gasteiger partial charge in [-0.15, -0.1) is 5.10 Å². The second-order valence-corrected chi connectivity index (χ2v) is 7.56. The van der Waals surface area contributed by atoms with Gasteiger partial charge in [0.05, 0.1) is 40.0 Å². The minimum absolute atomic E-state index is 0.00355. The van der Waals surface area contributed by atoms with Gasteiger partial charge in [0.1, 0.15) is 29.5 Å². The zero-order valence-corrected chi connectivity index (χ0v) is 18.1. The molecule has 0 fully saturated rings. The number of hydrogen-bond acceptors (Lipinski definition) is 6. The lowest BCUT2D eigenvalue weighted by Crippen LogP contribution is -2.14. The Balaban J connectivity index is 1.44. The van der Waals surface area contributed by atoms with Gasteiger partial charge in [0.2, 0.25) is 0 Å². The number of aromatic nitrogens is 6. The summed E-state index contributed by atoms with van der Waals surface area (Å²) in [4.78, 5) is 20.2. The number of nitrogens with one attached hydrogen (secondary N) is 2. The summed E-state index contributed by atoms with van der Waals surface area (Å²) in [7, 11) is 1.42. The summed E-state index contributed by atoms with van der Waals surface area (Å²) in [6.45, 7) is 0. The van der Waals surface area contributed by atoms with Crippen LogP contribution in [0.3, 0.4) is 0 Å². The molecule has 0 aliphatic heterocycles. The number of aromatic amines is 1. The fourth-order valence-corrected chi connectivity index (χ4v) is 3.68. The van der Waals surface area contributed by atoms with Gasteiger partial charge in [-0.2, -0.15) is 4.68 Å². The van der Waals surface area contributed by atoms with Crippen molar-refractivity contribution >= 4 is 34.2 Å². The van der Waals surface area contributed by atoms with E-state index in [0.29, 0.717) is 22.4 Å². The van der Waals surface area contributed by atoms with Crippen LogP contribution in [0.1, 0.15) is 10.4 Å². The monoisotopic (exact) mass is 481 g/mol. The van der Waals surface area contributed by atoms with E-state index in [1.54, 1.807) is 24.3 Å². The molecule has 2 heterocycles. The van der Waals surface area contributed by atoms with Crippen molar-refractivity contribution in [3.05, 3.63) is 77.1 Å². The van der Waals surface area contributed by atoms with Crippen LogP contribution in [-0.4, -0.2) is 43.2 Å². The van der Waals surface area contributed by atoms with Crippen LogP contribution in [0.5, 0.6) is 5.75 Å². The van der Waals surface area contributed by atoms with Crippen molar-refractivity contribution in [2.24, 2.45) is 0 Å². The number of imidazole rings is 1. The number of methoxy groups -OCH3 is 1. The SMILES string of the molecule is COc1cc(-n2cnnn2)c(Cl)cc1C(=O)Nc1ccc2nc(-c3cc(F)ccc3F)[nH]c2c1. The number of anilines is 1. The first-order valence-corrected chi connectivity index (χ1v) is 10.2. The second kappa shape index (κ2) is 8.52. The molecule has 12 heteroatoms. The molecule has 2 aromatic heterocycles. The lowest BCUT2D eigenvalue weighted by atomic mass is 10.1. The topological polar surface area (TPSA) is 111 Å². The van der Waals surface area contributed by atoms with Gasteiger partial charge in [-0.05, 0) is 52.9 Å². The summed E-state index contributed by atoms with van der Waals surface area (Å²) in [6.07, 6.45) is 1.37. The number of rotatable bonds is 5. The molecule has 0 aliphatic rings. The van der Waals surface area contributed by atoms with Crippen molar-refractivity contribution in [1.82, 2.24) is 30.2 Å². The van der Waals surface area contributed by atoms with Gasteiger partial charge in [-0.25, -0.2) is 13.8 Å². The first kappa shape index (κ1) is 21.5. The molecule has 0 bridgehead atoms. The minimum Gasteiger partial charge on any atom is -0.496 e. The average Bonchev–Trinajstić information content (AvgIpc) is 3.50. The second-order valence-electron chi connectivity index (χ2n) is 7.15. The Morgan fingerprint density at radius 3 is 2.76 bits per heavy atom. The number of H-pyrrole nitrogens is 1. The van der Waals surface area contributed by atoms with Crippen molar-refractivity contribution in [3.63, 3.8) is 0 Å². The Labute approximate surface area is 195 Å². The number of carbonyl (C=O) groups excluding carboxylic acids is 1. The summed E-state index contributed by atoms with van der Waals surface area (Å²) in [5, 5.41) is 13.9. The predicted octanol–water partition coefficient (Wildman–Crippen LogP) is 4.40. The van der Waals surface area contributed by atoms with Gasteiger partial charge in [0, 0.05) is 11.8 Å². The summed E-state index contributed by atoms with van der Waals surface area (Å²) in [6, 6.07) is 11.0. The van der Waals surface area contributed by atoms with E-state index >= 15 is 0 Å². The molecule has 170 valence electrons. The number of benzene rings is 3. The lowest BCUT2D eigenvalue weighted by Gasteiger charge is -2.12. The number of ether oxygens (including phenoxy) is 1. The molecule has 9 nitrogen and oxygen atoms in total. The maximum absolute atomic E-state index is 14.1. The van der Waals surface area contributed by atoms with Gasteiger partial charge in [-0.1, -0.05) is 11.6 Å². The molecule has 5 aromatic rings. The third-order valence-electron chi connectivity index (χ3n) is 5.03.